The third-order valence-corrected chi connectivity index (χ3v) is 5.16. The van der Waals surface area contributed by atoms with E-state index in [1.165, 1.54) is 27.8 Å². The molecule has 0 atom stereocenters. The van der Waals surface area contributed by atoms with Crippen LogP contribution >= 0.6 is 34.7 Å². The normalized spacial score (nSPS) is 10.7. The molecule has 0 bridgehead atoms. The zero-order valence-corrected chi connectivity index (χ0v) is 14.9. The van der Waals surface area contributed by atoms with Crippen molar-refractivity contribution < 1.29 is 4.79 Å². The van der Waals surface area contributed by atoms with E-state index < -0.39 is 0 Å². The second kappa shape index (κ2) is 7.69. The van der Waals surface area contributed by atoms with Crippen LogP contribution in [-0.2, 0) is 11.3 Å². The third-order valence-electron chi connectivity index (χ3n) is 3.12. The number of hydrogen-bond donors (Lipinski definition) is 2. The van der Waals surface area contributed by atoms with E-state index in [1.54, 1.807) is 6.07 Å². The monoisotopic (exact) mass is 379 g/mol. The van der Waals surface area contributed by atoms with Crippen molar-refractivity contribution in [2.75, 3.05) is 11.6 Å². The summed E-state index contributed by atoms with van der Waals surface area (Å²) in [5.41, 5.74) is 0.947. The first-order valence-corrected chi connectivity index (χ1v) is 9.26. The quantitative estimate of drug-likeness (QED) is 0.508. The minimum absolute atomic E-state index is 0.111. The second-order valence-corrected chi connectivity index (χ2v) is 7.18. The third kappa shape index (κ3) is 4.08. The molecule has 124 valence electrons. The summed E-state index contributed by atoms with van der Waals surface area (Å²) in [6.45, 7) is 0.426. The minimum Gasteiger partial charge on any atom is -0.351 e. The van der Waals surface area contributed by atoms with Crippen LogP contribution in [0.5, 0.6) is 0 Å². The molecule has 0 aliphatic carbocycles. The van der Waals surface area contributed by atoms with Crippen LogP contribution in [0.3, 0.4) is 0 Å². The molecule has 0 saturated heterocycles. The van der Waals surface area contributed by atoms with Gasteiger partial charge in [-0.05, 0) is 29.1 Å². The van der Waals surface area contributed by atoms with Crippen molar-refractivity contribution >= 4 is 40.6 Å². The van der Waals surface area contributed by atoms with Crippen LogP contribution in [0.4, 0.5) is 0 Å². The molecule has 0 unspecified atom stereocenters. The number of thiophene rings is 1. The Morgan fingerprint density at radius 1 is 1.33 bits per heavy atom. The molecule has 0 saturated carbocycles. The summed E-state index contributed by atoms with van der Waals surface area (Å²) in [7, 11) is 0. The number of amides is 1. The SMILES string of the molecule is Nn1c(SCC(=O)NCc2cccc(Cl)c2)nnc1-c1cccs1. The standard InChI is InChI=1S/C15H14ClN5OS2/c16-11-4-1-3-10(7-11)8-18-13(22)9-24-15-20-19-14(21(15)17)12-5-2-6-23-12/h1-7H,8-9,17H2,(H,18,22). The molecule has 0 fully saturated rings. The molecule has 3 N–H and O–H groups in total. The number of carbonyl (C=O) groups excluding carboxylic acids is 1. The summed E-state index contributed by atoms with van der Waals surface area (Å²) >= 11 is 8.69. The van der Waals surface area contributed by atoms with E-state index in [4.69, 9.17) is 17.4 Å². The van der Waals surface area contributed by atoms with E-state index in [9.17, 15) is 4.79 Å². The highest BCUT2D eigenvalue weighted by atomic mass is 35.5. The average molecular weight is 380 g/mol. The Morgan fingerprint density at radius 3 is 2.96 bits per heavy atom. The van der Waals surface area contributed by atoms with Crippen molar-refractivity contribution in [3.05, 3.63) is 52.4 Å². The molecule has 0 spiro atoms. The Hall–Kier alpha value is -2.03. The van der Waals surface area contributed by atoms with E-state index >= 15 is 0 Å². The largest absolute Gasteiger partial charge is 0.351 e. The first kappa shape index (κ1) is 16.8. The summed E-state index contributed by atoms with van der Waals surface area (Å²) in [6.07, 6.45) is 0. The van der Waals surface area contributed by atoms with Gasteiger partial charge in [0.25, 0.3) is 0 Å². The topological polar surface area (TPSA) is 85.8 Å². The highest BCUT2D eigenvalue weighted by Crippen LogP contribution is 2.24. The highest BCUT2D eigenvalue weighted by molar-refractivity contribution is 7.99. The lowest BCUT2D eigenvalue weighted by molar-refractivity contribution is -0.118. The second-order valence-electron chi connectivity index (χ2n) is 4.85. The van der Waals surface area contributed by atoms with Crippen molar-refractivity contribution in [2.24, 2.45) is 0 Å². The van der Waals surface area contributed by atoms with Gasteiger partial charge < -0.3 is 11.2 Å². The average Bonchev–Trinajstić information content (AvgIpc) is 3.21. The van der Waals surface area contributed by atoms with Gasteiger partial charge in [0.1, 0.15) is 0 Å². The summed E-state index contributed by atoms with van der Waals surface area (Å²) in [5, 5.41) is 14.0. The summed E-state index contributed by atoms with van der Waals surface area (Å²) in [4.78, 5) is 12.9. The fraction of sp³-hybridized carbons (Fsp3) is 0.133. The molecular formula is C15H14ClN5OS2. The maximum Gasteiger partial charge on any atom is 0.230 e. The maximum absolute atomic E-state index is 12.0. The van der Waals surface area contributed by atoms with Gasteiger partial charge in [-0.1, -0.05) is 41.6 Å². The Morgan fingerprint density at radius 2 is 2.21 bits per heavy atom. The van der Waals surface area contributed by atoms with Gasteiger partial charge in [0.2, 0.25) is 11.1 Å². The van der Waals surface area contributed by atoms with Crippen LogP contribution in [-0.4, -0.2) is 26.5 Å². The lowest BCUT2D eigenvalue weighted by Gasteiger charge is -2.05. The zero-order valence-electron chi connectivity index (χ0n) is 12.5. The van der Waals surface area contributed by atoms with Gasteiger partial charge >= 0.3 is 0 Å². The molecule has 0 aliphatic heterocycles. The number of carbonyl (C=O) groups is 1. The molecular weight excluding hydrogens is 366 g/mol. The van der Waals surface area contributed by atoms with Crippen LogP contribution in [0, 0.1) is 0 Å². The van der Waals surface area contributed by atoms with Crippen molar-refractivity contribution in [3.8, 4) is 10.7 Å². The van der Waals surface area contributed by atoms with E-state index in [2.05, 4.69) is 15.5 Å². The van der Waals surface area contributed by atoms with Gasteiger partial charge in [0.15, 0.2) is 5.82 Å². The van der Waals surface area contributed by atoms with Crippen molar-refractivity contribution in [1.82, 2.24) is 20.2 Å². The Labute approximate surface area is 152 Å². The smallest absolute Gasteiger partial charge is 0.230 e. The van der Waals surface area contributed by atoms with Crippen molar-refractivity contribution in [1.29, 1.82) is 0 Å². The number of nitrogens with one attached hydrogen (secondary N) is 1. The van der Waals surface area contributed by atoms with Gasteiger partial charge in [-0.25, -0.2) is 4.68 Å². The molecule has 3 rings (SSSR count). The van der Waals surface area contributed by atoms with E-state index in [-0.39, 0.29) is 11.7 Å². The molecule has 24 heavy (non-hydrogen) atoms. The molecule has 6 nitrogen and oxygen atoms in total. The number of benzene rings is 1. The molecule has 1 aromatic carbocycles. The van der Waals surface area contributed by atoms with Crippen LogP contribution in [0.2, 0.25) is 5.02 Å². The molecule has 0 aliphatic rings. The highest BCUT2D eigenvalue weighted by Gasteiger charge is 2.14. The molecule has 3 aromatic rings. The van der Waals surface area contributed by atoms with Crippen LogP contribution in [0.25, 0.3) is 10.7 Å². The lowest BCUT2D eigenvalue weighted by Crippen LogP contribution is -2.25. The molecule has 1 amide bonds. The Kier molecular flexibility index (Phi) is 5.39. The van der Waals surface area contributed by atoms with Gasteiger partial charge in [-0.2, -0.15) is 0 Å². The van der Waals surface area contributed by atoms with E-state index in [0.717, 1.165) is 10.4 Å². The molecule has 2 aromatic heterocycles. The van der Waals surface area contributed by atoms with Gasteiger partial charge in [-0.15, -0.1) is 21.5 Å². The number of nitrogen functional groups attached to an aromatic ring is 1. The molecule has 0 radical (unpaired) electrons. The Balaban J connectivity index is 1.53. The maximum atomic E-state index is 12.0. The summed E-state index contributed by atoms with van der Waals surface area (Å²) in [5.74, 6) is 6.68. The first-order chi connectivity index (χ1) is 11.6. The van der Waals surface area contributed by atoms with Crippen molar-refractivity contribution in [2.45, 2.75) is 11.7 Å². The van der Waals surface area contributed by atoms with Crippen molar-refractivity contribution in [3.63, 3.8) is 0 Å². The van der Waals surface area contributed by atoms with E-state index in [1.807, 2.05) is 35.7 Å². The number of nitrogens with zero attached hydrogens (tertiary/aromatic N) is 3. The number of halogens is 1. The fourth-order valence-electron chi connectivity index (χ4n) is 1.98. The minimum atomic E-state index is -0.111. The fourth-order valence-corrected chi connectivity index (χ4v) is 3.58. The number of aromatic nitrogens is 3. The van der Waals surface area contributed by atoms with Gasteiger partial charge in [0.05, 0.1) is 10.6 Å². The molecule has 2 heterocycles. The van der Waals surface area contributed by atoms with E-state index in [0.29, 0.717) is 22.5 Å². The number of nitrogens with two attached hydrogens (primary N) is 1. The van der Waals surface area contributed by atoms with Crippen LogP contribution < -0.4 is 11.2 Å². The van der Waals surface area contributed by atoms with Crippen LogP contribution in [0.15, 0.2) is 46.9 Å². The Bertz CT molecular complexity index is 834. The van der Waals surface area contributed by atoms with Crippen LogP contribution in [0.1, 0.15) is 5.56 Å². The predicted molar refractivity (Wildman–Crippen MR) is 97.5 cm³/mol. The summed E-state index contributed by atoms with van der Waals surface area (Å²) < 4.78 is 1.40. The zero-order chi connectivity index (χ0) is 16.9. The molecule has 9 heteroatoms. The van der Waals surface area contributed by atoms with Gasteiger partial charge in [-0.3, -0.25) is 4.79 Å². The summed E-state index contributed by atoms with van der Waals surface area (Å²) in [6, 6.07) is 11.2. The number of rotatable bonds is 6. The first-order valence-electron chi connectivity index (χ1n) is 7.02. The number of thioether (sulfide) groups is 1. The number of hydrogen-bond acceptors (Lipinski definition) is 6. The predicted octanol–water partition coefficient (Wildman–Crippen LogP) is 2.78. The van der Waals surface area contributed by atoms with Gasteiger partial charge in [0, 0.05) is 11.6 Å². The lowest BCUT2D eigenvalue weighted by atomic mass is 10.2.